The van der Waals surface area contributed by atoms with Crippen molar-refractivity contribution in [3.63, 3.8) is 0 Å². The van der Waals surface area contributed by atoms with Gasteiger partial charge in [-0.05, 0) is 36.4 Å². The highest BCUT2D eigenvalue weighted by molar-refractivity contribution is 6.42. The van der Waals surface area contributed by atoms with E-state index >= 15 is 0 Å². The molecule has 0 bridgehead atoms. The standard InChI is InChI=1S/C22H12Cl2N4O2/c23-15-9-13(21(29)27-11-25-17-5-1-3-7-19(17)27)14(10-16(15)24)22(30)28-12-26-18-6-2-4-8-20(18)28/h1-12H. The van der Waals surface area contributed by atoms with Gasteiger partial charge in [-0.3, -0.25) is 18.7 Å². The smallest absolute Gasteiger partial charge is 0.264 e. The highest BCUT2D eigenvalue weighted by Crippen LogP contribution is 2.28. The number of aromatic nitrogens is 4. The van der Waals surface area contributed by atoms with Crippen molar-refractivity contribution in [1.82, 2.24) is 19.1 Å². The third-order valence-electron chi connectivity index (χ3n) is 4.87. The Bertz CT molecular complexity index is 1360. The van der Waals surface area contributed by atoms with Crippen molar-refractivity contribution in [3.05, 3.63) is 94.5 Å². The molecule has 0 aliphatic heterocycles. The molecule has 0 aliphatic carbocycles. The third-order valence-corrected chi connectivity index (χ3v) is 5.59. The van der Waals surface area contributed by atoms with Crippen LogP contribution in [0.4, 0.5) is 0 Å². The van der Waals surface area contributed by atoms with Gasteiger partial charge in [0.1, 0.15) is 12.7 Å². The van der Waals surface area contributed by atoms with E-state index in [2.05, 4.69) is 9.97 Å². The van der Waals surface area contributed by atoms with E-state index in [9.17, 15) is 9.59 Å². The van der Waals surface area contributed by atoms with Crippen LogP contribution in [0.3, 0.4) is 0 Å². The summed E-state index contributed by atoms with van der Waals surface area (Å²) in [6.45, 7) is 0. The van der Waals surface area contributed by atoms with Crippen LogP contribution in [-0.4, -0.2) is 30.9 Å². The van der Waals surface area contributed by atoms with Crippen LogP contribution in [0.5, 0.6) is 0 Å². The van der Waals surface area contributed by atoms with E-state index in [-0.39, 0.29) is 21.2 Å². The summed E-state index contributed by atoms with van der Waals surface area (Å²) in [5.74, 6) is -0.870. The van der Waals surface area contributed by atoms with Gasteiger partial charge in [-0.15, -0.1) is 0 Å². The minimum absolute atomic E-state index is 0.121. The molecule has 2 heterocycles. The van der Waals surface area contributed by atoms with E-state index in [1.807, 2.05) is 24.3 Å². The second kappa shape index (κ2) is 7.09. The Balaban J connectivity index is 1.69. The van der Waals surface area contributed by atoms with E-state index < -0.39 is 11.8 Å². The molecule has 0 radical (unpaired) electrons. The Morgan fingerprint density at radius 2 is 1.07 bits per heavy atom. The number of para-hydroxylation sites is 4. The Hall–Kier alpha value is -3.48. The highest BCUT2D eigenvalue weighted by Gasteiger charge is 2.24. The number of halogens is 2. The Morgan fingerprint density at radius 3 is 1.50 bits per heavy atom. The summed E-state index contributed by atoms with van der Waals surface area (Å²) in [5, 5.41) is 0.355. The molecule has 30 heavy (non-hydrogen) atoms. The number of hydrogen-bond acceptors (Lipinski definition) is 4. The number of nitrogens with zero attached hydrogens (tertiary/aromatic N) is 4. The molecule has 0 unspecified atom stereocenters. The fraction of sp³-hybridized carbons (Fsp3) is 0. The molecule has 6 nitrogen and oxygen atoms in total. The molecule has 0 amide bonds. The van der Waals surface area contributed by atoms with Crippen LogP contribution >= 0.6 is 23.2 Å². The quantitative estimate of drug-likeness (QED) is 0.388. The normalized spacial score (nSPS) is 11.3. The lowest BCUT2D eigenvalue weighted by atomic mass is 10.1. The van der Waals surface area contributed by atoms with Crippen LogP contribution < -0.4 is 0 Å². The zero-order chi connectivity index (χ0) is 20.8. The number of benzene rings is 3. The van der Waals surface area contributed by atoms with Gasteiger partial charge in [0.15, 0.2) is 0 Å². The van der Waals surface area contributed by atoms with Crippen molar-refractivity contribution in [1.29, 1.82) is 0 Å². The molecule has 2 aromatic heterocycles. The number of carbonyl (C=O) groups is 2. The molecule has 0 atom stereocenters. The number of carbonyl (C=O) groups excluding carboxylic acids is 2. The molecule has 3 aromatic carbocycles. The lowest BCUT2D eigenvalue weighted by Crippen LogP contribution is -2.19. The van der Waals surface area contributed by atoms with Crippen molar-refractivity contribution >= 4 is 57.1 Å². The van der Waals surface area contributed by atoms with Gasteiger partial charge in [-0.1, -0.05) is 47.5 Å². The molecule has 0 fully saturated rings. The molecular formula is C22H12Cl2N4O2. The van der Waals surface area contributed by atoms with Crippen molar-refractivity contribution in [2.75, 3.05) is 0 Å². The lowest BCUT2D eigenvalue weighted by Gasteiger charge is -2.12. The second-order valence-electron chi connectivity index (χ2n) is 6.63. The SMILES string of the molecule is O=C(c1cc(Cl)c(Cl)cc1C(=O)n1cnc2ccccc21)n1cnc2ccccc21. The fourth-order valence-electron chi connectivity index (χ4n) is 3.40. The van der Waals surface area contributed by atoms with Gasteiger partial charge >= 0.3 is 0 Å². The molecular weight excluding hydrogens is 423 g/mol. The Kier molecular flexibility index (Phi) is 4.38. The van der Waals surface area contributed by atoms with Crippen molar-refractivity contribution in [2.24, 2.45) is 0 Å². The number of rotatable bonds is 2. The van der Waals surface area contributed by atoms with Gasteiger partial charge in [0.05, 0.1) is 43.2 Å². The van der Waals surface area contributed by atoms with Crippen LogP contribution in [0.25, 0.3) is 22.1 Å². The predicted molar refractivity (Wildman–Crippen MR) is 115 cm³/mol. The average molecular weight is 435 g/mol. The summed E-state index contributed by atoms with van der Waals surface area (Å²) in [7, 11) is 0. The molecule has 146 valence electrons. The largest absolute Gasteiger partial charge is 0.268 e. The van der Waals surface area contributed by atoms with Crippen LogP contribution in [0.2, 0.25) is 10.0 Å². The molecule has 0 N–H and O–H groups in total. The minimum atomic E-state index is -0.435. The Labute approximate surface area is 180 Å². The Morgan fingerprint density at radius 1 is 0.667 bits per heavy atom. The zero-order valence-electron chi connectivity index (χ0n) is 15.3. The first kappa shape index (κ1) is 18.5. The van der Waals surface area contributed by atoms with Crippen LogP contribution in [0.1, 0.15) is 20.7 Å². The summed E-state index contributed by atoms with van der Waals surface area (Å²) in [6, 6.07) is 17.3. The summed E-state index contributed by atoms with van der Waals surface area (Å²) >= 11 is 12.4. The van der Waals surface area contributed by atoms with Gasteiger partial charge in [0.2, 0.25) is 0 Å². The molecule has 5 aromatic rings. The summed E-state index contributed by atoms with van der Waals surface area (Å²) in [5.41, 5.74) is 2.82. The monoisotopic (exact) mass is 434 g/mol. The first-order valence-corrected chi connectivity index (χ1v) is 9.73. The third kappa shape index (κ3) is 2.89. The summed E-state index contributed by atoms with van der Waals surface area (Å²) in [6.07, 6.45) is 2.85. The topological polar surface area (TPSA) is 69.8 Å². The summed E-state index contributed by atoms with van der Waals surface area (Å²) < 4.78 is 2.77. The van der Waals surface area contributed by atoms with E-state index in [0.717, 1.165) is 0 Å². The second-order valence-corrected chi connectivity index (χ2v) is 7.44. The molecule has 5 rings (SSSR count). The van der Waals surface area contributed by atoms with Crippen molar-refractivity contribution in [2.45, 2.75) is 0 Å². The first-order chi connectivity index (χ1) is 14.5. The van der Waals surface area contributed by atoms with E-state index in [4.69, 9.17) is 23.2 Å². The van der Waals surface area contributed by atoms with Crippen molar-refractivity contribution < 1.29 is 9.59 Å². The summed E-state index contributed by atoms with van der Waals surface area (Å²) in [4.78, 5) is 35.3. The molecule has 8 heteroatoms. The van der Waals surface area contributed by atoms with Crippen molar-refractivity contribution in [3.8, 4) is 0 Å². The van der Waals surface area contributed by atoms with Gasteiger partial charge in [0.25, 0.3) is 11.8 Å². The van der Waals surface area contributed by atoms with Crippen LogP contribution in [0.15, 0.2) is 73.3 Å². The maximum Gasteiger partial charge on any atom is 0.264 e. The van der Waals surface area contributed by atoms with Gasteiger partial charge < -0.3 is 0 Å². The maximum absolute atomic E-state index is 13.4. The maximum atomic E-state index is 13.4. The van der Waals surface area contributed by atoms with Gasteiger partial charge in [-0.2, -0.15) is 0 Å². The van der Waals surface area contributed by atoms with Gasteiger partial charge in [0, 0.05) is 0 Å². The van der Waals surface area contributed by atoms with E-state index in [0.29, 0.717) is 22.1 Å². The molecule has 0 saturated heterocycles. The van der Waals surface area contributed by atoms with Crippen LogP contribution in [0, 0.1) is 0 Å². The first-order valence-electron chi connectivity index (χ1n) is 8.97. The van der Waals surface area contributed by atoms with Gasteiger partial charge in [-0.25, -0.2) is 9.97 Å². The minimum Gasteiger partial charge on any atom is -0.268 e. The van der Waals surface area contributed by atoms with E-state index in [1.54, 1.807) is 24.3 Å². The fourth-order valence-corrected chi connectivity index (χ4v) is 3.73. The average Bonchev–Trinajstić information content (AvgIpc) is 3.39. The van der Waals surface area contributed by atoms with Crippen LogP contribution in [-0.2, 0) is 0 Å². The number of imidazole rings is 2. The number of hydrogen-bond donors (Lipinski definition) is 0. The molecule has 0 saturated carbocycles. The highest BCUT2D eigenvalue weighted by atomic mass is 35.5. The number of fused-ring (bicyclic) bond motifs is 2. The lowest BCUT2D eigenvalue weighted by molar-refractivity contribution is 0.0930. The van der Waals surface area contributed by atoms with E-state index in [1.165, 1.54) is 33.9 Å². The zero-order valence-corrected chi connectivity index (χ0v) is 16.8. The predicted octanol–water partition coefficient (Wildman–Crippen LogP) is 5.07. The molecule has 0 spiro atoms. The molecule has 0 aliphatic rings.